The molecule has 1 aromatic rings. The molecule has 0 radical (unpaired) electrons. The summed E-state index contributed by atoms with van der Waals surface area (Å²) in [6.07, 6.45) is 3.61. The van der Waals surface area contributed by atoms with Gasteiger partial charge in [0.25, 0.3) is 5.91 Å². The summed E-state index contributed by atoms with van der Waals surface area (Å²) in [5.41, 5.74) is 3.03. The van der Waals surface area contributed by atoms with Gasteiger partial charge in [0.2, 0.25) is 0 Å². The zero-order chi connectivity index (χ0) is 14.8. The molecule has 2 aliphatic rings. The van der Waals surface area contributed by atoms with Gasteiger partial charge in [-0.3, -0.25) is 9.69 Å². The second-order valence-electron chi connectivity index (χ2n) is 6.22. The van der Waals surface area contributed by atoms with E-state index in [-0.39, 0.29) is 5.91 Å². The van der Waals surface area contributed by atoms with Crippen LogP contribution in [0, 0.1) is 6.92 Å². The SMILES string of the molecule is CNc1ccc(C(=O)N2CCCN3CCCC3C2)cc1C. The van der Waals surface area contributed by atoms with Crippen LogP contribution in [-0.4, -0.2) is 55.0 Å². The van der Waals surface area contributed by atoms with Gasteiger partial charge in [0, 0.05) is 44.0 Å². The molecule has 2 fully saturated rings. The van der Waals surface area contributed by atoms with Gasteiger partial charge in [-0.05, 0) is 56.5 Å². The number of aryl methyl sites for hydroxylation is 1. The Morgan fingerprint density at radius 3 is 2.81 bits per heavy atom. The number of carbonyl (C=O) groups is 1. The molecular formula is C17H25N3O. The van der Waals surface area contributed by atoms with Gasteiger partial charge in [0.15, 0.2) is 0 Å². The highest BCUT2D eigenvalue weighted by molar-refractivity contribution is 5.95. The summed E-state index contributed by atoms with van der Waals surface area (Å²) in [6, 6.07) is 6.53. The Kier molecular flexibility index (Phi) is 4.15. The minimum Gasteiger partial charge on any atom is -0.388 e. The van der Waals surface area contributed by atoms with Gasteiger partial charge in [-0.15, -0.1) is 0 Å². The molecule has 0 saturated carbocycles. The average Bonchev–Trinajstić information content (AvgIpc) is 2.83. The number of fused-ring (bicyclic) bond motifs is 1. The molecule has 2 heterocycles. The van der Waals surface area contributed by atoms with E-state index in [2.05, 4.69) is 15.1 Å². The minimum atomic E-state index is 0.189. The van der Waals surface area contributed by atoms with E-state index in [9.17, 15) is 4.79 Å². The van der Waals surface area contributed by atoms with Crippen LogP contribution in [-0.2, 0) is 0 Å². The summed E-state index contributed by atoms with van der Waals surface area (Å²) in [5, 5.41) is 3.15. The van der Waals surface area contributed by atoms with Crippen LogP contribution in [0.5, 0.6) is 0 Å². The lowest BCUT2D eigenvalue weighted by Gasteiger charge is -2.26. The number of benzene rings is 1. The number of rotatable bonds is 2. The Labute approximate surface area is 127 Å². The maximum atomic E-state index is 12.8. The molecular weight excluding hydrogens is 262 g/mol. The second-order valence-corrected chi connectivity index (χ2v) is 6.22. The van der Waals surface area contributed by atoms with E-state index in [1.165, 1.54) is 19.4 Å². The maximum absolute atomic E-state index is 12.8. The molecule has 21 heavy (non-hydrogen) atoms. The summed E-state index contributed by atoms with van der Waals surface area (Å²) in [5.74, 6) is 0.189. The van der Waals surface area contributed by atoms with Crippen molar-refractivity contribution >= 4 is 11.6 Å². The topological polar surface area (TPSA) is 35.6 Å². The van der Waals surface area contributed by atoms with Crippen molar-refractivity contribution < 1.29 is 4.79 Å². The smallest absolute Gasteiger partial charge is 0.253 e. The maximum Gasteiger partial charge on any atom is 0.253 e. The Morgan fingerprint density at radius 2 is 2.05 bits per heavy atom. The minimum absolute atomic E-state index is 0.189. The second kappa shape index (κ2) is 6.06. The quantitative estimate of drug-likeness (QED) is 0.907. The van der Waals surface area contributed by atoms with Crippen molar-refractivity contribution in [1.82, 2.24) is 9.80 Å². The summed E-state index contributed by atoms with van der Waals surface area (Å²) in [4.78, 5) is 17.4. The first kappa shape index (κ1) is 14.4. The Bertz CT molecular complexity index is 529. The summed E-state index contributed by atoms with van der Waals surface area (Å²) >= 11 is 0. The van der Waals surface area contributed by atoms with Gasteiger partial charge in [-0.2, -0.15) is 0 Å². The van der Waals surface area contributed by atoms with E-state index < -0.39 is 0 Å². The average molecular weight is 287 g/mol. The van der Waals surface area contributed by atoms with Crippen LogP contribution in [0.3, 0.4) is 0 Å². The Hall–Kier alpha value is -1.55. The van der Waals surface area contributed by atoms with Gasteiger partial charge >= 0.3 is 0 Å². The summed E-state index contributed by atoms with van der Waals surface area (Å²) < 4.78 is 0. The molecule has 0 aromatic heterocycles. The van der Waals surface area contributed by atoms with Crippen molar-refractivity contribution in [3.05, 3.63) is 29.3 Å². The van der Waals surface area contributed by atoms with Gasteiger partial charge in [-0.1, -0.05) is 0 Å². The number of hydrogen-bond acceptors (Lipinski definition) is 3. The highest BCUT2D eigenvalue weighted by Gasteiger charge is 2.30. The fourth-order valence-electron chi connectivity index (χ4n) is 3.65. The van der Waals surface area contributed by atoms with Crippen LogP contribution in [0.4, 0.5) is 5.69 Å². The molecule has 2 aliphatic heterocycles. The zero-order valence-corrected chi connectivity index (χ0v) is 13.1. The van der Waals surface area contributed by atoms with E-state index in [0.29, 0.717) is 6.04 Å². The van der Waals surface area contributed by atoms with E-state index in [0.717, 1.165) is 42.9 Å². The van der Waals surface area contributed by atoms with Crippen molar-refractivity contribution in [2.75, 3.05) is 38.5 Å². The van der Waals surface area contributed by atoms with Gasteiger partial charge in [-0.25, -0.2) is 0 Å². The lowest BCUT2D eigenvalue weighted by atomic mass is 10.1. The van der Waals surface area contributed by atoms with Crippen molar-refractivity contribution in [3.8, 4) is 0 Å². The van der Waals surface area contributed by atoms with Crippen molar-refractivity contribution in [3.63, 3.8) is 0 Å². The standard InChI is InChI=1S/C17H25N3O/c1-13-11-14(6-7-16(13)18-2)17(21)20-10-4-9-19-8-3-5-15(19)12-20/h6-7,11,15,18H,3-5,8-10,12H2,1-2H3. The fraction of sp³-hybridized carbons (Fsp3) is 0.588. The Balaban J connectivity index is 1.76. The van der Waals surface area contributed by atoms with Crippen molar-refractivity contribution in [2.45, 2.75) is 32.2 Å². The van der Waals surface area contributed by atoms with E-state index in [1.54, 1.807) is 0 Å². The third-order valence-corrected chi connectivity index (χ3v) is 4.83. The Morgan fingerprint density at radius 1 is 1.24 bits per heavy atom. The molecule has 0 aliphatic carbocycles. The fourth-order valence-corrected chi connectivity index (χ4v) is 3.65. The highest BCUT2D eigenvalue weighted by atomic mass is 16.2. The molecule has 1 unspecified atom stereocenters. The van der Waals surface area contributed by atoms with Crippen LogP contribution in [0.15, 0.2) is 18.2 Å². The van der Waals surface area contributed by atoms with Gasteiger partial charge in [0.1, 0.15) is 0 Å². The first-order chi connectivity index (χ1) is 10.2. The van der Waals surface area contributed by atoms with Crippen molar-refractivity contribution in [1.29, 1.82) is 0 Å². The number of nitrogens with zero attached hydrogens (tertiary/aromatic N) is 2. The molecule has 2 saturated heterocycles. The lowest BCUT2D eigenvalue weighted by Crippen LogP contribution is -2.39. The molecule has 1 N–H and O–H groups in total. The van der Waals surface area contributed by atoms with Gasteiger partial charge < -0.3 is 10.2 Å². The predicted molar refractivity (Wildman–Crippen MR) is 85.8 cm³/mol. The number of anilines is 1. The van der Waals surface area contributed by atoms with E-state index >= 15 is 0 Å². The third-order valence-electron chi connectivity index (χ3n) is 4.83. The molecule has 1 amide bonds. The van der Waals surface area contributed by atoms with Gasteiger partial charge in [0.05, 0.1) is 0 Å². The zero-order valence-electron chi connectivity index (χ0n) is 13.1. The summed E-state index contributed by atoms with van der Waals surface area (Å²) in [6.45, 7) is 6.18. The van der Waals surface area contributed by atoms with Crippen LogP contribution < -0.4 is 5.32 Å². The first-order valence-electron chi connectivity index (χ1n) is 8.01. The van der Waals surface area contributed by atoms with Crippen LogP contribution >= 0.6 is 0 Å². The lowest BCUT2D eigenvalue weighted by molar-refractivity contribution is 0.0743. The summed E-state index contributed by atoms with van der Waals surface area (Å²) in [7, 11) is 1.91. The largest absolute Gasteiger partial charge is 0.388 e. The molecule has 1 aromatic carbocycles. The highest BCUT2D eigenvalue weighted by Crippen LogP contribution is 2.23. The number of carbonyl (C=O) groups excluding carboxylic acids is 1. The number of hydrogen-bond donors (Lipinski definition) is 1. The number of amides is 1. The van der Waals surface area contributed by atoms with E-state index in [4.69, 9.17) is 0 Å². The predicted octanol–water partition coefficient (Wildman–Crippen LogP) is 2.35. The monoisotopic (exact) mass is 287 g/mol. The molecule has 4 nitrogen and oxygen atoms in total. The molecule has 4 heteroatoms. The van der Waals surface area contributed by atoms with Crippen molar-refractivity contribution in [2.24, 2.45) is 0 Å². The van der Waals surface area contributed by atoms with Crippen LogP contribution in [0.1, 0.15) is 35.2 Å². The molecule has 114 valence electrons. The first-order valence-corrected chi connectivity index (χ1v) is 8.01. The van der Waals surface area contributed by atoms with Crippen LogP contribution in [0.25, 0.3) is 0 Å². The molecule has 3 rings (SSSR count). The number of nitrogens with one attached hydrogen (secondary N) is 1. The molecule has 0 spiro atoms. The molecule has 0 bridgehead atoms. The molecule has 1 atom stereocenters. The normalized spacial score (nSPS) is 22.8. The van der Waals surface area contributed by atoms with E-state index in [1.807, 2.05) is 32.2 Å². The van der Waals surface area contributed by atoms with Crippen LogP contribution in [0.2, 0.25) is 0 Å². The third kappa shape index (κ3) is 2.91.